The highest BCUT2D eigenvalue weighted by Gasteiger charge is 2.38. The first-order chi connectivity index (χ1) is 41.7. The lowest BCUT2D eigenvalue weighted by molar-refractivity contribution is 0.309. The van der Waals surface area contributed by atoms with Gasteiger partial charge in [0.2, 0.25) is 20.0 Å². The van der Waals surface area contributed by atoms with E-state index >= 15 is 0 Å². The SMILES string of the molecule is CN1CCC[C@@H]1Cc1cn(Cc2ccccc2)c2ccc(C(C#N)S(=O)(=O)N(C)C(c3ccccc3)c3ccccc3)cc12.CN1CCC[C@@H]1Cc1cn(Cc2ccccc2)c2ccc(CS(=O)(=O)N(C)C(c3ccccc3)c3ccccc3)cc12. The first-order valence-corrected chi connectivity index (χ1v) is 33.1. The van der Waals surface area contributed by atoms with Crippen LogP contribution in [0.1, 0.15) is 98.7 Å². The fourth-order valence-corrected chi connectivity index (χ4v) is 15.9. The fraction of sp³-hybridized carbons (Fsp3) is 0.274. The van der Waals surface area contributed by atoms with E-state index in [0.717, 1.165) is 95.1 Å². The molecule has 8 aromatic carbocycles. The Kier molecular flexibility index (Phi) is 18.6. The topological polar surface area (TPSA) is 115 Å². The summed E-state index contributed by atoms with van der Waals surface area (Å²) in [5.41, 5.74) is 12.0. The Morgan fingerprint density at radius 1 is 0.477 bits per heavy atom. The van der Waals surface area contributed by atoms with Gasteiger partial charge in [0, 0.05) is 73.5 Å². The Balaban J connectivity index is 0.000000179. The number of sulfonamides is 2. The number of likely N-dealkylation sites (N-methyl/N-ethyl adjacent to an activating group) is 2. The molecule has 2 fully saturated rings. The molecule has 12 rings (SSSR count). The van der Waals surface area contributed by atoms with Gasteiger partial charge in [-0.05, 0) is 146 Å². The summed E-state index contributed by atoms with van der Waals surface area (Å²) < 4.78 is 64.1. The van der Waals surface area contributed by atoms with Gasteiger partial charge in [0.1, 0.15) is 0 Å². The second-order valence-electron chi connectivity index (χ2n) is 23.4. The van der Waals surface area contributed by atoms with Crippen molar-refractivity contribution in [3.05, 3.63) is 286 Å². The average molecular weight is 1180 g/mol. The number of fused-ring (bicyclic) bond motifs is 2. The van der Waals surface area contributed by atoms with Gasteiger partial charge in [0.25, 0.3) is 0 Å². The molecule has 3 atom stereocenters. The average Bonchev–Trinajstić information content (AvgIpc) is 2.07. The molecular weight excluding hydrogens is 1100 g/mol. The van der Waals surface area contributed by atoms with E-state index in [0.29, 0.717) is 17.6 Å². The Bertz CT molecular complexity index is 4060. The number of hydrogen-bond donors (Lipinski definition) is 0. The lowest BCUT2D eigenvalue weighted by atomic mass is 9.99. The Labute approximate surface area is 509 Å². The number of nitriles is 1. The molecule has 2 aromatic heterocycles. The van der Waals surface area contributed by atoms with Crippen molar-refractivity contribution >= 4 is 41.9 Å². The predicted molar refractivity (Wildman–Crippen MR) is 349 cm³/mol. The van der Waals surface area contributed by atoms with E-state index in [2.05, 4.69) is 100 Å². The Morgan fingerprint density at radius 3 is 1.26 bits per heavy atom. The molecule has 1 unspecified atom stereocenters. The molecule has 0 spiro atoms. The van der Waals surface area contributed by atoms with Crippen LogP contribution in [-0.2, 0) is 51.7 Å². The summed E-state index contributed by atoms with van der Waals surface area (Å²) in [6, 6.07) is 73.9. The van der Waals surface area contributed by atoms with Crippen LogP contribution in [0.5, 0.6) is 0 Å². The molecule has 11 nitrogen and oxygen atoms in total. The van der Waals surface area contributed by atoms with Crippen LogP contribution < -0.4 is 0 Å². The Hall–Kier alpha value is -7.93. The molecule has 4 heterocycles. The monoisotopic (exact) mass is 1180 g/mol. The molecule has 2 aliphatic rings. The number of nitrogens with zero attached hydrogens (tertiary/aromatic N) is 7. The van der Waals surface area contributed by atoms with Gasteiger partial charge in [-0.2, -0.15) is 13.9 Å². The van der Waals surface area contributed by atoms with Gasteiger partial charge in [0.05, 0.1) is 23.9 Å². The van der Waals surface area contributed by atoms with Gasteiger partial charge < -0.3 is 18.9 Å². The smallest absolute Gasteiger partial charge is 0.235 e. The first-order valence-electron chi connectivity index (χ1n) is 30.0. The minimum atomic E-state index is -4.10. The molecule has 440 valence electrons. The number of aromatic nitrogens is 2. The lowest BCUT2D eigenvalue weighted by Gasteiger charge is -2.30. The highest BCUT2D eigenvalue weighted by molar-refractivity contribution is 7.89. The van der Waals surface area contributed by atoms with E-state index in [1.54, 1.807) is 14.1 Å². The molecule has 2 aliphatic heterocycles. The molecule has 86 heavy (non-hydrogen) atoms. The maximum atomic E-state index is 14.3. The number of rotatable bonds is 20. The van der Waals surface area contributed by atoms with Crippen LogP contribution in [0.2, 0.25) is 0 Å². The quantitative estimate of drug-likeness (QED) is 0.0746. The summed E-state index contributed by atoms with van der Waals surface area (Å²) in [5.74, 6) is -0.0533. The summed E-state index contributed by atoms with van der Waals surface area (Å²) in [7, 11) is -0.0637. The van der Waals surface area contributed by atoms with E-state index in [9.17, 15) is 22.1 Å². The van der Waals surface area contributed by atoms with Gasteiger partial charge in [-0.25, -0.2) is 16.8 Å². The fourth-order valence-electron chi connectivity index (χ4n) is 13.1. The number of benzene rings is 8. The molecule has 0 amide bonds. The number of likely N-dealkylation sites (tertiary alicyclic amines) is 2. The van der Waals surface area contributed by atoms with Crippen molar-refractivity contribution in [3.63, 3.8) is 0 Å². The van der Waals surface area contributed by atoms with Crippen LogP contribution in [0.3, 0.4) is 0 Å². The third kappa shape index (κ3) is 13.4. The van der Waals surface area contributed by atoms with Gasteiger partial charge >= 0.3 is 0 Å². The maximum absolute atomic E-state index is 14.3. The van der Waals surface area contributed by atoms with Crippen molar-refractivity contribution in [2.45, 2.75) is 86.8 Å². The van der Waals surface area contributed by atoms with Gasteiger partial charge in [-0.3, -0.25) is 0 Å². The highest BCUT2D eigenvalue weighted by Crippen LogP contribution is 2.38. The van der Waals surface area contributed by atoms with E-state index in [1.807, 2.05) is 170 Å². The van der Waals surface area contributed by atoms with E-state index in [4.69, 9.17) is 0 Å². The normalized spacial score (nSPS) is 16.3. The molecule has 0 saturated carbocycles. The summed E-state index contributed by atoms with van der Waals surface area (Å²) in [5, 5.41) is 11.2. The third-order valence-corrected chi connectivity index (χ3v) is 21.5. The molecule has 13 heteroatoms. The van der Waals surface area contributed by atoms with Crippen molar-refractivity contribution in [1.82, 2.24) is 27.5 Å². The van der Waals surface area contributed by atoms with Crippen molar-refractivity contribution in [2.75, 3.05) is 41.3 Å². The minimum absolute atomic E-state index is 0.0533. The minimum Gasteiger partial charge on any atom is -0.343 e. The molecular formula is C73H77N7O4S2. The van der Waals surface area contributed by atoms with Gasteiger partial charge in [-0.1, -0.05) is 194 Å². The zero-order valence-corrected chi connectivity index (χ0v) is 51.3. The molecule has 10 aromatic rings. The van der Waals surface area contributed by atoms with E-state index in [1.165, 1.54) is 50.1 Å². The van der Waals surface area contributed by atoms with Crippen LogP contribution in [0.4, 0.5) is 0 Å². The van der Waals surface area contributed by atoms with E-state index in [-0.39, 0.29) is 5.75 Å². The van der Waals surface area contributed by atoms with E-state index < -0.39 is 37.4 Å². The molecule has 0 bridgehead atoms. The summed E-state index contributed by atoms with van der Waals surface area (Å²) in [6.45, 7) is 3.72. The van der Waals surface area contributed by atoms with Crippen LogP contribution >= 0.6 is 0 Å². The molecule has 0 aliphatic carbocycles. The molecule has 2 saturated heterocycles. The van der Waals surface area contributed by atoms with Crippen molar-refractivity contribution in [3.8, 4) is 6.07 Å². The molecule has 0 radical (unpaired) electrons. The van der Waals surface area contributed by atoms with Crippen LogP contribution in [0.25, 0.3) is 21.8 Å². The summed E-state index contributed by atoms with van der Waals surface area (Å²) >= 11 is 0. The largest absolute Gasteiger partial charge is 0.343 e. The second-order valence-corrected chi connectivity index (χ2v) is 27.5. The first kappa shape index (κ1) is 59.8. The maximum Gasteiger partial charge on any atom is 0.235 e. The standard InChI is InChI=1S/C37H38N4O2S.C36H39N3O2S/c1-39-22-12-19-33(39)23-32-27-41(26-28-13-6-3-7-14-28)35-21-20-31(24-34(32)35)36(25-38)44(42,43)40(2)37(29-15-8-4-9-16-29)30-17-10-5-11-18-30;1-37-22-12-19-33(37)24-32-26-39(25-28-13-6-3-7-14-28)35-21-20-29(23-34(32)35)27-42(40,41)38(2)36(30-15-8-4-9-16-30)31-17-10-5-11-18-31/h3-11,13-18,20-21,24,27,33,36-37H,12,19,22-23,26H2,1-2H3;3-11,13-18,20-21,23,26,33,36H,12,19,22,24-25,27H2,1-2H3/t33-,36?;33-/m11/s1. The van der Waals surface area contributed by atoms with Crippen LogP contribution in [-0.4, -0.2) is 97.7 Å². The van der Waals surface area contributed by atoms with Crippen molar-refractivity contribution in [1.29, 1.82) is 5.26 Å². The van der Waals surface area contributed by atoms with Gasteiger partial charge in [0.15, 0.2) is 5.25 Å². The van der Waals surface area contributed by atoms with Crippen LogP contribution in [0.15, 0.2) is 231 Å². The zero-order valence-electron chi connectivity index (χ0n) is 49.7. The summed E-state index contributed by atoms with van der Waals surface area (Å²) in [6.07, 6.45) is 11.1. The lowest BCUT2D eigenvalue weighted by Crippen LogP contribution is -2.35. The van der Waals surface area contributed by atoms with Crippen molar-refractivity contribution in [2.24, 2.45) is 0 Å². The second kappa shape index (κ2) is 26.8. The highest BCUT2D eigenvalue weighted by atomic mass is 32.2. The van der Waals surface area contributed by atoms with Gasteiger partial charge in [-0.15, -0.1) is 0 Å². The number of hydrogen-bond acceptors (Lipinski definition) is 7. The molecule has 0 N–H and O–H groups in total. The Morgan fingerprint density at radius 2 is 0.860 bits per heavy atom. The third-order valence-electron chi connectivity index (χ3n) is 17.8. The van der Waals surface area contributed by atoms with Crippen molar-refractivity contribution < 1.29 is 16.8 Å². The zero-order chi connectivity index (χ0) is 59.8. The predicted octanol–water partition coefficient (Wildman–Crippen LogP) is 13.8. The summed E-state index contributed by atoms with van der Waals surface area (Å²) in [4.78, 5) is 4.87. The van der Waals surface area contributed by atoms with Crippen LogP contribution in [0, 0.1) is 11.3 Å².